The number of para-hydroxylation sites is 1. The van der Waals surface area contributed by atoms with Gasteiger partial charge in [-0.05, 0) is 62.4 Å². The highest BCUT2D eigenvalue weighted by atomic mass is 16.2. The second-order valence-electron chi connectivity index (χ2n) is 9.14. The van der Waals surface area contributed by atoms with Gasteiger partial charge >= 0.3 is 0 Å². The first-order valence-corrected chi connectivity index (χ1v) is 12.0. The van der Waals surface area contributed by atoms with E-state index < -0.39 is 5.91 Å². The highest BCUT2D eigenvalue weighted by molar-refractivity contribution is 5.99. The van der Waals surface area contributed by atoms with Crippen molar-refractivity contribution in [2.45, 2.75) is 51.0 Å². The summed E-state index contributed by atoms with van der Waals surface area (Å²) in [6.07, 6.45) is 5.83. The van der Waals surface area contributed by atoms with Gasteiger partial charge in [0.2, 0.25) is 11.8 Å². The molecule has 34 heavy (non-hydrogen) atoms. The molecule has 0 radical (unpaired) electrons. The number of primary amides is 1. The van der Waals surface area contributed by atoms with E-state index in [4.69, 9.17) is 10.7 Å². The monoisotopic (exact) mass is 459 g/mol. The Labute approximate surface area is 197 Å². The minimum Gasteiger partial charge on any atom is -0.370 e. The van der Waals surface area contributed by atoms with Crippen LogP contribution in [0.3, 0.4) is 0 Å². The zero-order chi connectivity index (χ0) is 23.7. The molecular formula is C26H29N5O3. The second kappa shape index (κ2) is 9.29. The van der Waals surface area contributed by atoms with Gasteiger partial charge in [0.05, 0.1) is 22.3 Å². The molecule has 1 aliphatic heterocycles. The largest absolute Gasteiger partial charge is 0.370 e. The Balaban J connectivity index is 1.37. The topological polar surface area (TPSA) is 110 Å². The van der Waals surface area contributed by atoms with E-state index in [9.17, 15) is 14.4 Å². The molecule has 176 valence electrons. The van der Waals surface area contributed by atoms with E-state index in [1.54, 1.807) is 22.8 Å². The number of hydrogen-bond acceptors (Lipinski definition) is 5. The second-order valence-corrected chi connectivity index (χ2v) is 9.14. The summed E-state index contributed by atoms with van der Waals surface area (Å²) in [6.45, 7) is 1.82. The van der Waals surface area contributed by atoms with E-state index in [2.05, 4.69) is 10.2 Å². The molecule has 8 heteroatoms. The SMILES string of the molecule is NC(=O)c1ccc(N2CCCCC2)c(NC(=O)CCc2nc3ccccc3c(=O)n2C2CC2)c1. The number of nitrogens with two attached hydrogens (primary N) is 1. The van der Waals surface area contributed by atoms with Gasteiger partial charge < -0.3 is 16.0 Å². The maximum atomic E-state index is 13.1. The number of hydrogen-bond donors (Lipinski definition) is 2. The first-order valence-electron chi connectivity index (χ1n) is 12.0. The fourth-order valence-electron chi connectivity index (χ4n) is 4.72. The molecule has 8 nitrogen and oxygen atoms in total. The summed E-state index contributed by atoms with van der Waals surface area (Å²) in [5.74, 6) is -0.0809. The van der Waals surface area contributed by atoms with Gasteiger partial charge in [-0.15, -0.1) is 0 Å². The zero-order valence-electron chi connectivity index (χ0n) is 19.1. The Morgan fingerprint density at radius 1 is 1.06 bits per heavy atom. The van der Waals surface area contributed by atoms with Gasteiger partial charge in [-0.25, -0.2) is 4.98 Å². The van der Waals surface area contributed by atoms with Gasteiger partial charge in [0.15, 0.2) is 0 Å². The molecule has 1 aliphatic carbocycles. The lowest BCUT2D eigenvalue weighted by atomic mass is 10.1. The molecule has 0 atom stereocenters. The molecule has 2 heterocycles. The number of fused-ring (bicyclic) bond motifs is 1. The summed E-state index contributed by atoms with van der Waals surface area (Å²) < 4.78 is 1.77. The number of aromatic nitrogens is 2. The van der Waals surface area contributed by atoms with Crippen LogP contribution in [-0.4, -0.2) is 34.5 Å². The Morgan fingerprint density at radius 3 is 2.56 bits per heavy atom. The van der Waals surface area contributed by atoms with Gasteiger partial charge in [-0.1, -0.05) is 12.1 Å². The quantitative estimate of drug-likeness (QED) is 0.563. The molecule has 1 aromatic heterocycles. The van der Waals surface area contributed by atoms with Crippen molar-refractivity contribution in [3.8, 4) is 0 Å². The molecule has 2 aliphatic rings. The minimum atomic E-state index is -0.533. The smallest absolute Gasteiger partial charge is 0.261 e. The summed E-state index contributed by atoms with van der Waals surface area (Å²) in [6, 6.07) is 12.7. The summed E-state index contributed by atoms with van der Waals surface area (Å²) in [5, 5.41) is 3.59. The molecule has 1 saturated carbocycles. The molecule has 2 amide bonds. The van der Waals surface area contributed by atoms with Crippen molar-refractivity contribution in [1.29, 1.82) is 0 Å². The summed E-state index contributed by atoms with van der Waals surface area (Å²) in [4.78, 5) is 44.7. The number of nitrogens with one attached hydrogen (secondary N) is 1. The highest BCUT2D eigenvalue weighted by Crippen LogP contribution is 2.35. The lowest BCUT2D eigenvalue weighted by Gasteiger charge is -2.30. The summed E-state index contributed by atoms with van der Waals surface area (Å²) in [5.41, 5.74) is 7.95. The lowest BCUT2D eigenvalue weighted by Crippen LogP contribution is -2.30. The maximum Gasteiger partial charge on any atom is 0.261 e. The summed E-state index contributed by atoms with van der Waals surface area (Å²) in [7, 11) is 0. The molecular weight excluding hydrogens is 430 g/mol. The first-order chi connectivity index (χ1) is 16.5. The Hall–Kier alpha value is -3.68. The third-order valence-corrected chi connectivity index (χ3v) is 6.62. The van der Waals surface area contributed by atoms with Crippen molar-refractivity contribution in [3.05, 3.63) is 64.2 Å². The summed E-state index contributed by atoms with van der Waals surface area (Å²) >= 11 is 0. The highest BCUT2D eigenvalue weighted by Gasteiger charge is 2.28. The van der Waals surface area contributed by atoms with Crippen LogP contribution in [0.2, 0.25) is 0 Å². The Kier molecular flexibility index (Phi) is 6.04. The van der Waals surface area contributed by atoms with Crippen molar-refractivity contribution in [2.75, 3.05) is 23.3 Å². The van der Waals surface area contributed by atoms with Crippen LogP contribution >= 0.6 is 0 Å². The molecule has 1 saturated heterocycles. The van der Waals surface area contributed by atoms with Crippen molar-refractivity contribution in [1.82, 2.24) is 9.55 Å². The number of carbonyl (C=O) groups excluding carboxylic acids is 2. The third-order valence-electron chi connectivity index (χ3n) is 6.62. The van der Waals surface area contributed by atoms with Gasteiger partial charge in [0.1, 0.15) is 5.82 Å². The van der Waals surface area contributed by atoms with Crippen LogP contribution in [0.25, 0.3) is 10.9 Å². The molecule has 0 bridgehead atoms. The number of benzene rings is 2. The average Bonchev–Trinajstić information content (AvgIpc) is 3.68. The van der Waals surface area contributed by atoms with Crippen molar-refractivity contribution in [2.24, 2.45) is 5.73 Å². The van der Waals surface area contributed by atoms with Crippen LogP contribution in [0, 0.1) is 0 Å². The minimum absolute atomic E-state index is 0.0370. The van der Waals surface area contributed by atoms with Crippen molar-refractivity contribution >= 4 is 34.1 Å². The van der Waals surface area contributed by atoms with Crippen molar-refractivity contribution < 1.29 is 9.59 Å². The predicted molar refractivity (Wildman–Crippen MR) is 132 cm³/mol. The lowest BCUT2D eigenvalue weighted by molar-refractivity contribution is -0.116. The average molecular weight is 460 g/mol. The van der Waals surface area contributed by atoms with E-state index >= 15 is 0 Å². The van der Waals surface area contributed by atoms with Gasteiger partial charge in [0, 0.05) is 37.5 Å². The van der Waals surface area contributed by atoms with Crippen LogP contribution in [-0.2, 0) is 11.2 Å². The molecule has 3 aromatic rings. The molecule has 0 unspecified atom stereocenters. The van der Waals surface area contributed by atoms with Gasteiger partial charge in [-0.3, -0.25) is 19.0 Å². The standard InChI is InChI=1S/C26H29N5O3/c27-25(33)17-8-11-22(30-14-4-1-5-15-30)21(16-17)29-24(32)13-12-23-28-20-7-3-2-6-19(20)26(34)31(23)18-9-10-18/h2-3,6-8,11,16,18H,1,4-5,9-10,12-15H2,(H2,27,33)(H,29,32). The van der Waals surface area contributed by atoms with E-state index in [0.29, 0.717) is 34.4 Å². The fraction of sp³-hybridized carbons (Fsp3) is 0.385. The number of rotatable bonds is 7. The number of amides is 2. The number of carbonyl (C=O) groups is 2. The molecule has 5 rings (SSSR count). The molecule has 3 N–H and O–H groups in total. The van der Waals surface area contributed by atoms with Crippen molar-refractivity contribution in [3.63, 3.8) is 0 Å². The van der Waals surface area contributed by atoms with Crippen LogP contribution in [0.5, 0.6) is 0 Å². The van der Waals surface area contributed by atoms with E-state index in [0.717, 1.165) is 44.5 Å². The molecule has 2 fully saturated rings. The van der Waals surface area contributed by atoms with Crippen LogP contribution in [0.1, 0.15) is 60.7 Å². The third kappa shape index (κ3) is 4.53. The number of anilines is 2. The van der Waals surface area contributed by atoms with E-state index in [-0.39, 0.29) is 23.9 Å². The van der Waals surface area contributed by atoms with Crippen LogP contribution in [0.15, 0.2) is 47.3 Å². The number of aryl methyl sites for hydroxylation is 1. The van der Waals surface area contributed by atoms with Gasteiger partial charge in [-0.2, -0.15) is 0 Å². The Morgan fingerprint density at radius 2 is 1.82 bits per heavy atom. The fourth-order valence-corrected chi connectivity index (χ4v) is 4.72. The number of nitrogens with zero attached hydrogens (tertiary/aromatic N) is 3. The molecule has 0 spiro atoms. The van der Waals surface area contributed by atoms with E-state index in [1.165, 1.54) is 6.42 Å². The maximum absolute atomic E-state index is 13.1. The van der Waals surface area contributed by atoms with Gasteiger partial charge in [0.25, 0.3) is 5.56 Å². The van der Waals surface area contributed by atoms with E-state index in [1.807, 2.05) is 24.3 Å². The zero-order valence-corrected chi connectivity index (χ0v) is 19.1. The number of piperidine rings is 1. The normalized spacial score (nSPS) is 15.9. The predicted octanol–water partition coefficient (Wildman–Crippen LogP) is 3.39. The molecule has 2 aromatic carbocycles. The van der Waals surface area contributed by atoms with Crippen LogP contribution < -0.4 is 21.5 Å². The van der Waals surface area contributed by atoms with Crippen LogP contribution in [0.4, 0.5) is 11.4 Å². The Bertz CT molecular complexity index is 1310. The first kappa shape index (κ1) is 22.1.